The molecule has 0 aromatic carbocycles. The predicted octanol–water partition coefficient (Wildman–Crippen LogP) is 2.11. The topological polar surface area (TPSA) is 96.9 Å². The molecule has 148 valence electrons. The lowest BCUT2D eigenvalue weighted by Crippen LogP contribution is -2.34. The van der Waals surface area contributed by atoms with Gasteiger partial charge in [0.05, 0.1) is 18.7 Å². The third-order valence-corrected chi connectivity index (χ3v) is 3.51. The summed E-state index contributed by atoms with van der Waals surface area (Å²) >= 11 is 0. The minimum absolute atomic E-state index is 0.0566. The van der Waals surface area contributed by atoms with E-state index in [0.717, 1.165) is 0 Å². The van der Waals surface area contributed by atoms with Crippen LogP contribution >= 0.6 is 0 Å². The maximum atomic E-state index is 13.0. The standard InChI is InChI=1S/C17H24FN5O4/c1-17(2,3)27-15(24)21-8-12(7-18)11-26-13-9-19-14(20-10-13)23-6-5-22(4)16(23)25/h7,9-10H,5-6,8,11H2,1-4H3,(H,21,24)/b12-7+. The molecule has 0 saturated carbocycles. The van der Waals surface area contributed by atoms with Crippen LogP contribution in [0.4, 0.5) is 19.9 Å². The summed E-state index contributed by atoms with van der Waals surface area (Å²) in [6.07, 6.45) is 2.54. The van der Waals surface area contributed by atoms with Crippen LogP contribution in [0.3, 0.4) is 0 Å². The number of halogens is 1. The summed E-state index contributed by atoms with van der Waals surface area (Å²) in [6.45, 7) is 6.17. The van der Waals surface area contributed by atoms with Gasteiger partial charge in [0, 0.05) is 32.3 Å². The number of hydrogen-bond acceptors (Lipinski definition) is 6. The molecule has 0 spiro atoms. The molecule has 2 rings (SSSR count). The summed E-state index contributed by atoms with van der Waals surface area (Å²) in [5.41, 5.74) is -0.425. The van der Waals surface area contributed by atoms with Crippen LogP contribution in [0.2, 0.25) is 0 Å². The van der Waals surface area contributed by atoms with Crippen LogP contribution in [0.5, 0.6) is 5.75 Å². The maximum Gasteiger partial charge on any atom is 0.407 e. The van der Waals surface area contributed by atoms with Crippen molar-refractivity contribution in [3.63, 3.8) is 0 Å². The second kappa shape index (κ2) is 8.65. The van der Waals surface area contributed by atoms with E-state index in [1.807, 2.05) is 0 Å². The van der Waals surface area contributed by atoms with Crippen molar-refractivity contribution in [2.45, 2.75) is 26.4 Å². The Labute approximate surface area is 157 Å². The fourth-order valence-corrected chi connectivity index (χ4v) is 2.15. The molecule has 2 heterocycles. The monoisotopic (exact) mass is 381 g/mol. The molecule has 1 aromatic rings. The Morgan fingerprint density at radius 3 is 2.52 bits per heavy atom. The lowest BCUT2D eigenvalue weighted by molar-refractivity contribution is 0.0531. The number of alkyl carbamates (subject to hydrolysis) is 1. The highest BCUT2D eigenvalue weighted by molar-refractivity contribution is 5.92. The Morgan fingerprint density at radius 1 is 1.33 bits per heavy atom. The Bertz CT molecular complexity index is 702. The fourth-order valence-electron chi connectivity index (χ4n) is 2.15. The van der Waals surface area contributed by atoms with Gasteiger partial charge in [0.2, 0.25) is 5.95 Å². The van der Waals surface area contributed by atoms with Crippen molar-refractivity contribution in [2.75, 3.05) is 38.2 Å². The average molecular weight is 381 g/mol. The van der Waals surface area contributed by atoms with E-state index in [0.29, 0.717) is 25.2 Å². The molecule has 1 aliphatic rings. The molecule has 1 fully saturated rings. The lowest BCUT2D eigenvalue weighted by atomic mass is 10.2. The Balaban J connectivity index is 1.82. The summed E-state index contributed by atoms with van der Waals surface area (Å²) < 4.78 is 23.5. The Kier molecular flexibility index (Phi) is 6.54. The minimum atomic E-state index is -0.644. The van der Waals surface area contributed by atoms with Gasteiger partial charge in [-0.1, -0.05) is 0 Å². The number of urea groups is 1. The largest absolute Gasteiger partial charge is 0.486 e. The van der Waals surface area contributed by atoms with Gasteiger partial charge in [0.15, 0.2) is 5.75 Å². The van der Waals surface area contributed by atoms with Crippen molar-refractivity contribution >= 4 is 18.1 Å². The fraction of sp³-hybridized carbons (Fsp3) is 0.529. The van der Waals surface area contributed by atoms with Gasteiger partial charge in [0.1, 0.15) is 12.2 Å². The van der Waals surface area contributed by atoms with Gasteiger partial charge in [-0.3, -0.25) is 4.90 Å². The number of amides is 3. The molecular formula is C17H24FN5O4. The molecule has 0 atom stereocenters. The van der Waals surface area contributed by atoms with Gasteiger partial charge in [0.25, 0.3) is 0 Å². The molecule has 10 heteroatoms. The number of aromatic nitrogens is 2. The Hall–Kier alpha value is -2.91. The van der Waals surface area contributed by atoms with Gasteiger partial charge in [-0.25, -0.2) is 23.9 Å². The number of rotatable bonds is 6. The predicted molar refractivity (Wildman–Crippen MR) is 96.3 cm³/mol. The van der Waals surface area contributed by atoms with Crippen LogP contribution in [-0.4, -0.2) is 65.9 Å². The number of anilines is 1. The second-order valence-corrected chi connectivity index (χ2v) is 6.99. The smallest absolute Gasteiger partial charge is 0.407 e. The van der Waals surface area contributed by atoms with Crippen LogP contribution in [0.15, 0.2) is 24.3 Å². The zero-order chi connectivity index (χ0) is 20.0. The molecule has 0 unspecified atom stereocenters. The summed E-state index contributed by atoms with van der Waals surface area (Å²) in [4.78, 5) is 34.7. The second-order valence-electron chi connectivity index (χ2n) is 6.99. The van der Waals surface area contributed by atoms with E-state index in [9.17, 15) is 14.0 Å². The number of carbonyl (C=O) groups excluding carboxylic acids is 2. The highest BCUT2D eigenvalue weighted by atomic mass is 19.1. The number of nitrogens with zero attached hydrogens (tertiary/aromatic N) is 4. The van der Waals surface area contributed by atoms with Crippen LogP contribution in [0.1, 0.15) is 20.8 Å². The van der Waals surface area contributed by atoms with Crippen LogP contribution in [-0.2, 0) is 4.74 Å². The van der Waals surface area contributed by atoms with E-state index in [1.165, 1.54) is 17.3 Å². The number of carbonyl (C=O) groups is 2. The third kappa shape index (κ3) is 6.08. The lowest BCUT2D eigenvalue weighted by Gasteiger charge is -2.20. The quantitative estimate of drug-likeness (QED) is 0.811. The van der Waals surface area contributed by atoms with E-state index in [4.69, 9.17) is 9.47 Å². The minimum Gasteiger partial charge on any atom is -0.486 e. The van der Waals surface area contributed by atoms with Crippen molar-refractivity contribution < 1.29 is 23.5 Å². The zero-order valence-electron chi connectivity index (χ0n) is 15.9. The molecular weight excluding hydrogens is 357 g/mol. The summed E-state index contributed by atoms with van der Waals surface area (Å²) in [5.74, 6) is 0.597. The van der Waals surface area contributed by atoms with E-state index >= 15 is 0 Å². The maximum absolute atomic E-state index is 13.0. The van der Waals surface area contributed by atoms with E-state index < -0.39 is 11.7 Å². The Morgan fingerprint density at radius 2 is 2.00 bits per heavy atom. The third-order valence-electron chi connectivity index (χ3n) is 3.51. The van der Waals surface area contributed by atoms with Crippen molar-refractivity contribution in [3.05, 3.63) is 24.3 Å². The van der Waals surface area contributed by atoms with Crippen molar-refractivity contribution in [1.29, 1.82) is 0 Å². The SMILES string of the molecule is CN1CCN(c2ncc(OC/C(=C/F)CNC(=O)OC(C)(C)C)cn2)C1=O. The van der Waals surface area contributed by atoms with E-state index in [1.54, 1.807) is 32.7 Å². The van der Waals surface area contributed by atoms with Crippen LogP contribution in [0.25, 0.3) is 0 Å². The van der Waals surface area contributed by atoms with Gasteiger partial charge in [-0.05, 0) is 20.8 Å². The molecule has 1 aromatic heterocycles. The molecule has 9 nitrogen and oxygen atoms in total. The number of hydrogen-bond donors (Lipinski definition) is 1. The first kappa shape index (κ1) is 20.4. The molecule has 0 bridgehead atoms. The number of likely N-dealkylation sites (N-methyl/N-ethyl adjacent to an activating group) is 1. The molecule has 27 heavy (non-hydrogen) atoms. The molecule has 1 saturated heterocycles. The van der Waals surface area contributed by atoms with Gasteiger partial charge in [-0.15, -0.1) is 0 Å². The van der Waals surface area contributed by atoms with Crippen LogP contribution in [0, 0.1) is 0 Å². The molecule has 3 amide bonds. The van der Waals surface area contributed by atoms with Gasteiger partial charge >= 0.3 is 12.1 Å². The average Bonchev–Trinajstić information content (AvgIpc) is 2.93. The molecule has 0 aliphatic carbocycles. The number of nitrogens with one attached hydrogen (secondary N) is 1. The van der Waals surface area contributed by atoms with Crippen LogP contribution < -0.4 is 15.0 Å². The number of ether oxygens (including phenoxy) is 2. The summed E-state index contributed by atoms with van der Waals surface area (Å²) in [7, 11) is 1.70. The molecule has 1 aliphatic heterocycles. The zero-order valence-corrected chi connectivity index (χ0v) is 15.9. The van der Waals surface area contributed by atoms with Gasteiger partial charge in [-0.2, -0.15) is 0 Å². The normalized spacial score (nSPS) is 15.1. The van der Waals surface area contributed by atoms with E-state index in [-0.39, 0.29) is 30.7 Å². The summed E-state index contributed by atoms with van der Waals surface area (Å²) in [5, 5.41) is 2.45. The van der Waals surface area contributed by atoms with E-state index in [2.05, 4.69) is 15.3 Å². The summed E-state index contributed by atoms with van der Waals surface area (Å²) in [6, 6.07) is -0.167. The van der Waals surface area contributed by atoms with Crippen molar-refractivity contribution in [3.8, 4) is 5.75 Å². The highest BCUT2D eigenvalue weighted by Gasteiger charge is 2.28. The molecule has 0 radical (unpaired) electrons. The molecule has 1 N–H and O–H groups in total. The first-order valence-electron chi connectivity index (χ1n) is 8.42. The first-order valence-corrected chi connectivity index (χ1v) is 8.42. The van der Waals surface area contributed by atoms with Crippen molar-refractivity contribution in [1.82, 2.24) is 20.2 Å². The highest BCUT2D eigenvalue weighted by Crippen LogP contribution is 2.17. The van der Waals surface area contributed by atoms with Gasteiger partial charge < -0.3 is 19.7 Å². The van der Waals surface area contributed by atoms with Crippen molar-refractivity contribution in [2.24, 2.45) is 0 Å². The first-order chi connectivity index (χ1) is 12.7.